The second-order valence-corrected chi connectivity index (χ2v) is 5.96. The van der Waals surface area contributed by atoms with Gasteiger partial charge in [0.25, 0.3) is 0 Å². The normalized spacial score (nSPS) is 24.4. The summed E-state index contributed by atoms with van der Waals surface area (Å²) < 4.78 is 1.78. The number of rotatable bonds is 4. The number of aromatic nitrogens is 2. The number of nitrogens with zero attached hydrogens (tertiary/aromatic N) is 2. The minimum Gasteiger partial charge on any atom is -0.396 e. The molecule has 0 aliphatic heterocycles. The number of hydrogen-bond donors (Lipinski definition) is 2. The molecule has 5 nitrogen and oxygen atoms in total. The predicted octanol–water partition coefficient (Wildman–Crippen LogP) is 1.73. The zero-order valence-electron chi connectivity index (χ0n) is 12.6. The third-order valence-corrected chi connectivity index (χ3v) is 4.24. The van der Waals surface area contributed by atoms with Crippen molar-refractivity contribution in [1.82, 2.24) is 15.1 Å². The molecule has 1 aromatic heterocycles. The van der Waals surface area contributed by atoms with E-state index in [1.54, 1.807) is 4.68 Å². The number of aliphatic hydroxyl groups is 1. The molecule has 1 fully saturated rings. The Morgan fingerprint density at radius 1 is 1.45 bits per heavy atom. The molecule has 1 aromatic rings. The van der Waals surface area contributed by atoms with Crippen LogP contribution in [-0.2, 0) is 4.79 Å². The van der Waals surface area contributed by atoms with Gasteiger partial charge in [-0.2, -0.15) is 5.10 Å². The molecule has 1 aliphatic carbocycles. The van der Waals surface area contributed by atoms with Gasteiger partial charge in [-0.25, -0.2) is 0 Å². The number of aryl methyl sites for hydroxylation is 2. The Bertz CT molecular complexity index is 462. The number of aliphatic hydroxyl groups excluding tert-OH is 1. The Morgan fingerprint density at radius 3 is 2.60 bits per heavy atom. The van der Waals surface area contributed by atoms with E-state index in [-0.39, 0.29) is 24.6 Å². The third-order valence-electron chi connectivity index (χ3n) is 4.24. The van der Waals surface area contributed by atoms with Crippen molar-refractivity contribution in [3.8, 4) is 0 Å². The van der Waals surface area contributed by atoms with Crippen molar-refractivity contribution in [3.05, 3.63) is 17.5 Å². The van der Waals surface area contributed by atoms with Gasteiger partial charge in [-0.15, -0.1) is 0 Å². The Morgan fingerprint density at radius 2 is 2.10 bits per heavy atom. The Labute approximate surface area is 120 Å². The van der Waals surface area contributed by atoms with Gasteiger partial charge in [-0.05, 0) is 58.4 Å². The van der Waals surface area contributed by atoms with Crippen molar-refractivity contribution in [1.29, 1.82) is 0 Å². The fourth-order valence-electron chi connectivity index (χ4n) is 2.96. The van der Waals surface area contributed by atoms with E-state index in [0.29, 0.717) is 5.92 Å². The molecular weight excluding hydrogens is 254 g/mol. The lowest BCUT2D eigenvalue weighted by Crippen LogP contribution is -2.41. The molecule has 1 aliphatic rings. The minimum atomic E-state index is -0.278. The molecule has 0 radical (unpaired) electrons. The zero-order valence-corrected chi connectivity index (χ0v) is 12.6. The Balaban J connectivity index is 1.90. The maximum Gasteiger partial charge on any atom is 0.244 e. The summed E-state index contributed by atoms with van der Waals surface area (Å²) in [6.07, 6.45) is 3.91. The van der Waals surface area contributed by atoms with Gasteiger partial charge in [0.2, 0.25) is 5.91 Å². The highest BCUT2D eigenvalue weighted by Gasteiger charge is 2.25. The van der Waals surface area contributed by atoms with Crippen LogP contribution in [0.2, 0.25) is 0 Å². The Hall–Kier alpha value is -1.36. The largest absolute Gasteiger partial charge is 0.396 e. The van der Waals surface area contributed by atoms with Crippen LogP contribution in [0.15, 0.2) is 6.07 Å². The van der Waals surface area contributed by atoms with Crippen molar-refractivity contribution in [2.75, 3.05) is 6.61 Å². The topological polar surface area (TPSA) is 67.2 Å². The molecule has 2 N–H and O–H groups in total. The van der Waals surface area contributed by atoms with E-state index in [9.17, 15) is 4.79 Å². The van der Waals surface area contributed by atoms with Gasteiger partial charge in [-0.3, -0.25) is 9.48 Å². The number of hydrogen-bond acceptors (Lipinski definition) is 3. The maximum absolute atomic E-state index is 12.3. The third kappa shape index (κ3) is 3.39. The summed E-state index contributed by atoms with van der Waals surface area (Å²) in [4.78, 5) is 12.3. The fourth-order valence-corrected chi connectivity index (χ4v) is 2.96. The SMILES string of the molecule is Cc1cc(C)n(C(C)C(=O)NC2CCC(CO)CC2)n1. The van der Waals surface area contributed by atoms with Crippen molar-refractivity contribution in [3.63, 3.8) is 0 Å². The maximum atomic E-state index is 12.3. The first-order valence-electron chi connectivity index (χ1n) is 7.45. The molecule has 1 amide bonds. The average molecular weight is 279 g/mol. The van der Waals surface area contributed by atoms with Gasteiger partial charge in [0.15, 0.2) is 0 Å². The summed E-state index contributed by atoms with van der Waals surface area (Å²) in [5.41, 5.74) is 1.94. The van der Waals surface area contributed by atoms with E-state index in [0.717, 1.165) is 37.1 Å². The van der Waals surface area contributed by atoms with Gasteiger partial charge in [0, 0.05) is 18.3 Å². The summed E-state index contributed by atoms with van der Waals surface area (Å²) in [6, 6.07) is 1.94. The van der Waals surface area contributed by atoms with Crippen LogP contribution in [0, 0.1) is 19.8 Å². The molecule has 112 valence electrons. The van der Waals surface area contributed by atoms with Crippen molar-refractivity contribution in [2.45, 2.75) is 58.5 Å². The fraction of sp³-hybridized carbons (Fsp3) is 0.733. The first-order valence-corrected chi connectivity index (χ1v) is 7.45. The summed E-state index contributed by atoms with van der Waals surface area (Å²) in [6.45, 7) is 6.05. The monoisotopic (exact) mass is 279 g/mol. The smallest absolute Gasteiger partial charge is 0.244 e. The van der Waals surface area contributed by atoms with Gasteiger partial charge in [-0.1, -0.05) is 0 Å². The molecular formula is C15H25N3O2. The second kappa shape index (κ2) is 6.39. The van der Waals surface area contributed by atoms with E-state index in [1.807, 2.05) is 26.8 Å². The quantitative estimate of drug-likeness (QED) is 0.882. The molecule has 5 heteroatoms. The molecule has 0 bridgehead atoms. The molecule has 1 heterocycles. The molecule has 20 heavy (non-hydrogen) atoms. The molecule has 0 saturated heterocycles. The lowest BCUT2D eigenvalue weighted by molar-refractivity contribution is -0.125. The number of amides is 1. The van der Waals surface area contributed by atoms with E-state index in [4.69, 9.17) is 5.11 Å². The number of carbonyl (C=O) groups is 1. The van der Waals surface area contributed by atoms with Crippen LogP contribution < -0.4 is 5.32 Å². The first kappa shape index (κ1) is 15.0. The summed E-state index contributed by atoms with van der Waals surface area (Å²) >= 11 is 0. The second-order valence-electron chi connectivity index (χ2n) is 5.96. The highest BCUT2D eigenvalue weighted by molar-refractivity contribution is 5.80. The highest BCUT2D eigenvalue weighted by Crippen LogP contribution is 2.24. The van der Waals surface area contributed by atoms with Crippen molar-refractivity contribution < 1.29 is 9.90 Å². The molecule has 0 aromatic carbocycles. The standard InChI is InChI=1S/C15H25N3O2/c1-10-8-11(2)18(17-10)12(3)15(20)16-14-6-4-13(9-19)5-7-14/h8,12-14,19H,4-7,9H2,1-3H3,(H,16,20). The highest BCUT2D eigenvalue weighted by atomic mass is 16.3. The lowest BCUT2D eigenvalue weighted by Gasteiger charge is -2.29. The predicted molar refractivity (Wildman–Crippen MR) is 77.4 cm³/mol. The van der Waals surface area contributed by atoms with E-state index >= 15 is 0 Å². The van der Waals surface area contributed by atoms with Gasteiger partial charge in [0.1, 0.15) is 6.04 Å². The summed E-state index contributed by atoms with van der Waals surface area (Å²) in [5, 5.41) is 16.6. The molecule has 2 rings (SSSR count). The lowest BCUT2D eigenvalue weighted by atomic mass is 9.86. The number of nitrogens with one attached hydrogen (secondary N) is 1. The van der Waals surface area contributed by atoms with Crippen LogP contribution in [0.25, 0.3) is 0 Å². The minimum absolute atomic E-state index is 0.0312. The Kier molecular flexibility index (Phi) is 4.81. The van der Waals surface area contributed by atoms with Crippen molar-refractivity contribution in [2.24, 2.45) is 5.92 Å². The van der Waals surface area contributed by atoms with Crippen LogP contribution in [0.5, 0.6) is 0 Å². The molecule has 0 spiro atoms. The molecule has 1 saturated carbocycles. The molecule has 1 atom stereocenters. The van der Waals surface area contributed by atoms with Gasteiger partial charge < -0.3 is 10.4 Å². The summed E-state index contributed by atoms with van der Waals surface area (Å²) in [5.74, 6) is 0.445. The van der Waals surface area contributed by atoms with Crippen molar-refractivity contribution >= 4 is 5.91 Å². The number of carbonyl (C=O) groups excluding carboxylic acids is 1. The zero-order chi connectivity index (χ0) is 14.7. The van der Waals surface area contributed by atoms with Gasteiger partial charge in [0.05, 0.1) is 5.69 Å². The van der Waals surface area contributed by atoms with Gasteiger partial charge >= 0.3 is 0 Å². The van der Waals surface area contributed by atoms with E-state index < -0.39 is 0 Å². The van der Waals surface area contributed by atoms with Crippen LogP contribution >= 0.6 is 0 Å². The van der Waals surface area contributed by atoms with E-state index in [1.165, 1.54) is 0 Å². The first-order chi connectivity index (χ1) is 9.51. The van der Waals surface area contributed by atoms with Crippen LogP contribution in [0.3, 0.4) is 0 Å². The molecule has 1 unspecified atom stereocenters. The summed E-state index contributed by atoms with van der Waals surface area (Å²) in [7, 11) is 0. The van der Waals surface area contributed by atoms with Crippen LogP contribution in [0.4, 0.5) is 0 Å². The average Bonchev–Trinajstić information content (AvgIpc) is 2.77. The van der Waals surface area contributed by atoms with Crippen LogP contribution in [0.1, 0.15) is 50.0 Å². The van der Waals surface area contributed by atoms with Crippen LogP contribution in [-0.4, -0.2) is 33.4 Å². The van der Waals surface area contributed by atoms with E-state index in [2.05, 4.69) is 10.4 Å².